The molecule has 0 atom stereocenters. The number of rotatable bonds is 8. The summed E-state index contributed by atoms with van der Waals surface area (Å²) in [6, 6.07) is 14.0. The molecule has 1 aliphatic rings. The summed E-state index contributed by atoms with van der Waals surface area (Å²) in [6.45, 7) is 3.00. The first-order valence-corrected chi connectivity index (χ1v) is 11.1. The van der Waals surface area contributed by atoms with Crippen molar-refractivity contribution in [1.82, 2.24) is 10.0 Å². The fraction of sp³-hybridized carbons (Fsp3) is 0.333. The molecule has 8 heteroatoms. The quantitative estimate of drug-likeness (QED) is 0.690. The van der Waals surface area contributed by atoms with E-state index in [2.05, 4.69) is 10.0 Å². The molecule has 2 amide bonds. The molecule has 1 fully saturated rings. The molecule has 1 saturated heterocycles. The Bertz CT molecular complexity index is 970. The van der Waals surface area contributed by atoms with Gasteiger partial charge in [-0.3, -0.25) is 9.59 Å². The molecule has 7 nitrogen and oxygen atoms in total. The van der Waals surface area contributed by atoms with Gasteiger partial charge in [0, 0.05) is 38.2 Å². The van der Waals surface area contributed by atoms with Crippen LogP contribution in [0.3, 0.4) is 0 Å². The van der Waals surface area contributed by atoms with Gasteiger partial charge in [0.05, 0.1) is 4.90 Å². The molecule has 2 aromatic carbocycles. The highest BCUT2D eigenvalue weighted by atomic mass is 32.2. The molecule has 0 saturated carbocycles. The lowest BCUT2D eigenvalue weighted by atomic mass is 10.2. The maximum absolute atomic E-state index is 12.2. The Hall–Kier alpha value is -2.71. The van der Waals surface area contributed by atoms with Crippen molar-refractivity contribution >= 4 is 27.5 Å². The Morgan fingerprint density at radius 1 is 1.07 bits per heavy atom. The molecule has 0 bridgehead atoms. The summed E-state index contributed by atoms with van der Waals surface area (Å²) in [5, 5.41) is 2.78. The lowest BCUT2D eigenvalue weighted by Gasteiger charge is -2.16. The zero-order valence-electron chi connectivity index (χ0n) is 16.3. The van der Waals surface area contributed by atoms with Crippen molar-refractivity contribution in [2.75, 3.05) is 18.0 Å². The summed E-state index contributed by atoms with van der Waals surface area (Å²) in [6.07, 6.45) is 1.52. The molecule has 2 N–H and O–H groups in total. The molecule has 1 aliphatic heterocycles. The number of hydrogen-bond donors (Lipinski definition) is 2. The van der Waals surface area contributed by atoms with Crippen molar-refractivity contribution in [2.45, 2.75) is 37.6 Å². The topological polar surface area (TPSA) is 95.6 Å². The van der Waals surface area contributed by atoms with Crippen LogP contribution in [0.5, 0.6) is 0 Å². The summed E-state index contributed by atoms with van der Waals surface area (Å²) in [5.74, 6) is -0.102. The van der Waals surface area contributed by atoms with Crippen LogP contribution in [0.4, 0.5) is 5.69 Å². The number of aryl methyl sites for hydroxylation is 1. The molecule has 0 spiro atoms. The number of hydrogen-bond acceptors (Lipinski definition) is 4. The SMILES string of the molecule is Cc1ccc(S(=O)(=O)NCCC(=O)NCc2ccc(N3CCCC3=O)cc2)cc1. The van der Waals surface area contributed by atoms with E-state index < -0.39 is 10.0 Å². The third-order valence-corrected chi connectivity index (χ3v) is 6.26. The molecular weight excluding hydrogens is 390 g/mol. The number of carbonyl (C=O) groups excluding carboxylic acids is 2. The van der Waals surface area contributed by atoms with Crippen molar-refractivity contribution in [3.05, 3.63) is 59.7 Å². The second kappa shape index (κ2) is 9.19. The summed E-state index contributed by atoms with van der Waals surface area (Å²) in [7, 11) is -3.62. The highest BCUT2D eigenvalue weighted by molar-refractivity contribution is 7.89. The Labute approximate surface area is 171 Å². The molecule has 2 aromatic rings. The van der Waals surface area contributed by atoms with Crippen LogP contribution in [-0.2, 0) is 26.2 Å². The second-order valence-corrected chi connectivity index (χ2v) is 8.82. The van der Waals surface area contributed by atoms with Gasteiger partial charge in [-0.2, -0.15) is 0 Å². The van der Waals surface area contributed by atoms with Crippen LogP contribution >= 0.6 is 0 Å². The monoisotopic (exact) mass is 415 g/mol. The van der Waals surface area contributed by atoms with E-state index >= 15 is 0 Å². The zero-order valence-corrected chi connectivity index (χ0v) is 17.2. The summed E-state index contributed by atoms with van der Waals surface area (Å²) in [4.78, 5) is 25.7. The van der Waals surface area contributed by atoms with Crippen molar-refractivity contribution in [2.24, 2.45) is 0 Å². The number of carbonyl (C=O) groups is 2. The van der Waals surface area contributed by atoms with Crippen molar-refractivity contribution < 1.29 is 18.0 Å². The van der Waals surface area contributed by atoms with Gasteiger partial charge in [-0.1, -0.05) is 29.8 Å². The van der Waals surface area contributed by atoms with E-state index in [-0.39, 0.29) is 29.7 Å². The number of benzene rings is 2. The van der Waals surface area contributed by atoms with Crippen LogP contribution in [0.15, 0.2) is 53.4 Å². The fourth-order valence-electron chi connectivity index (χ4n) is 3.10. The highest BCUT2D eigenvalue weighted by Gasteiger charge is 2.21. The summed E-state index contributed by atoms with van der Waals surface area (Å²) < 4.78 is 26.8. The maximum Gasteiger partial charge on any atom is 0.240 e. The minimum atomic E-state index is -3.62. The molecule has 0 radical (unpaired) electrons. The minimum Gasteiger partial charge on any atom is -0.352 e. The van der Waals surface area contributed by atoms with Crippen LogP contribution in [0.2, 0.25) is 0 Å². The van der Waals surface area contributed by atoms with E-state index in [0.29, 0.717) is 13.0 Å². The van der Waals surface area contributed by atoms with E-state index in [1.54, 1.807) is 17.0 Å². The lowest BCUT2D eigenvalue weighted by molar-refractivity contribution is -0.121. The van der Waals surface area contributed by atoms with Gasteiger partial charge < -0.3 is 10.2 Å². The molecule has 0 aromatic heterocycles. The van der Waals surface area contributed by atoms with E-state index in [1.807, 2.05) is 31.2 Å². The van der Waals surface area contributed by atoms with Gasteiger partial charge in [0.15, 0.2) is 0 Å². The van der Waals surface area contributed by atoms with Crippen LogP contribution in [0.25, 0.3) is 0 Å². The fourth-order valence-corrected chi connectivity index (χ4v) is 4.14. The largest absolute Gasteiger partial charge is 0.352 e. The third kappa shape index (κ3) is 5.65. The van der Waals surface area contributed by atoms with Gasteiger partial charge in [0.2, 0.25) is 21.8 Å². The predicted octanol–water partition coefficient (Wildman–Crippen LogP) is 2.11. The number of amides is 2. The van der Waals surface area contributed by atoms with Crippen molar-refractivity contribution in [3.8, 4) is 0 Å². The Morgan fingerprint density at radius 2 is 1.76 bits per heavy atom. The first-order valence-electron chi connectivity index (χ1n) is 9.57. The highest BCUT2D eigenvalue weighted by Crippen LogP contribution is 2.21. The van der Waals surface area contributed by atoms with Crippen LogP contribution in [0, 0.1) is 6.92 Å². The van der Waals surface area contributed by atoms with Gasteiger partial charge in [-0.15, -0.1) is 0 Å². The predicted molar refractivity (Wildman–Crippen MR) is 111 cm³/mol. The van der Waals surface area contributed by atoms with Gasteiger partial charge in [-0.05, 0) is 43.2 Å². The van der Waals surface area contributed by atoms with Gasteiger partial charge in [-0.25, -0.2) is 13.1 Å². The standard InChI is InChI=1S/C21H25N3O4S/c1-16-4-10-19(11-5-16)29(27,28)23-13-12-20(25)22-15-17-6-8-18(9-7-17)24-14-2-3-21(24)26/h4-11,23H,2-3,12-15H2,1H3,(H,22,25). The average molecular weight is 416 g/mol. The Balaban J connectivity index is 1.43. The second-order valence-electron chi connectivity index (χ2n) is 7.05. The molecule has 1 heterocycles. The molecule has 3 rings (SSSR count). The first kappa shape index (κ1) is 21.0. The number of nitrogens with zero attached hydrogens (tertiary/aromatic N) is 1. The Kier molecular flexibility index (Phi) is 6.66. The normalized spacial score (nSPS) is 14.2. The average Bonchev–Trinajstić information content (AvgIpc) is 3.13. The van der Waals surface area contributed by atoms with E-state index in [9.17, 15) is 18.0 Å². The lowest BCUT2D eigenvalue weighted by Crippen LogP contribution is -2.30. The van der Waals surface area contributed by atoms with Gasteiger partial charge >= 0.3 is 0 Å². The van der Waals surface area contributed by atoms with Gasteiger partial charge in [0.25, 0.3) is 0 Å². The maximum atomic E-state index is 12.2. The zero-order chi connectivity index (χ0) is 20.9. The Morgan fingerprint density at radius 3 is 2.38 bits per heavy atom. The summed E-state index contributed by atoms with van der Waals surface area (Å²) >= 11 is 0. The van der Waals surface area contributed by atoms with E-state index in [1.165, 1.54) is 12.1 Å². The molecule has 0 aliphatic carbocycles. The number of nitrogens with one attached hydrogen (secondary N) is 2. The third-order valence-electron chi connectivity index (χ3n) is 4.79. The number of anilines is 1. The molecule has 154 valence electrons. The van der Waals surface area contributed by atoms with E-state index in [4.69, 9.17) is 0 Å². The number of sulfonamides is 1. The van der Waals surface area contributed by atoms with Crippen LogP contribution < -0.4 is 14.9 Å². The molecule has 29 heavy (non-hydrogen) atoms. The van der Waals surface area contributed by atoms with Crippen molar-refractivity contribution in [3.63, 3.8) is 0 Å². The first-order chi connectivity index (χ1) is 13.8. The summed E-state index contributed by atoms with van der Waals surface area (Å²) in [5.41, 5.74) is 2.76. The van der Waals surface area contributed by atoms with Crippen molar-refractivity contribution in [1.29, 1.82) is 0 Å². The smallest absolute Gasteiger partial charge is 0.240 e. The van der Waals surface area contributed by atoms with Crippen LogP contribution in [-0.4, -0.2) is 33.3 Å². The molecular formula is C21H25N3O4S. The molecule has 0 unspecified atom stereocenters. The van der Waals surface area contributed by atoms with Gasteiger partial charge in [0.1, 0.15) is 0 Å². The minimum absolute atomic E-state index is 0.0258. The van der Waals surface area contributed by atoms with Crippen LogP contribution in [0.1, 0.15) is 30.4 Å². The van der Waals surface area contributed by atoms with E-state index in [0.717, 1.165) is 29.8 Å².